The van der Waals surface area contributed by atoms with Crippen molar-refractivity contribution in [1.29, 1.82) is 0 Å². The van der Waals surface area contributed by atoms with Gasteiger partial charge in [-0.3, -0.25) is 0 Å². The van der Waals surface area contributed by atoms with Gasteiger partial charge in [-0.05, 0) is 38.0 Å². The Morgan fingerprint density at radius 3 is 2.75 bits per heavy atom. The maximum absolute atomic E-state index is 5.07. The van der Waals surface area contributed by atoms with E-state index in [9.17, 15) is 0 Å². The van der Waals surface area contributed by atoms with Crippen molar-refractivity contribution in [2.45, 2.75) is 32.4 Å². The molecular weight excluding hydrogens is 266 g/mol. The van der Waals surface area contributed by atoms with Crippen LogP contribution in [0.2, 0.25) is 0 Å². The van der Waals surface area contributed by atoms with Crippen LogP contribution in [0.3, 0.4) is 0 Å². The van der Waals surface area contributed by atoms with E-state index in [1.165, 1.54) is 5.56 Å². The van der Waals surface area contributed by atoms with Crippen molar-refractivity contribution in [2.24, 2.45) is 0 Å². The summed E-state index contributed by atoms with van der Waals surface area (Å²) in [6.07, 6.45) is 1.04. The predicted molar refractivity (Wildman–Crippen MR) is 71.6 cm³/mol. The smallest absolute Gasteiger partial charge is 0.0476 e. The first kappa shape index (κ1) is 13.7. The molecule has 0 heterocycles. The summed E-state index contributed by atoms with van der Waals surface area (Å²) >= 11 is 3.49. The summed E-state index contributed by atoms with van der Waals surface area (Å²) in [6, 6.07) is 9.24. The first-order valence-electron chi connectivity index (χ1n) is 5.64. The summed E-state index contributed by atoms with van der Waals surface area (Å²) in [6.45, 7) is 5.18. The highest BCUT2D eigenvalue weighted by atomic mass is 79.9. The standard InChI is InChI=1S/C13H20BrNO/c1-10(7-8-16-3)15-11(2)12-5-4-6-13(14)9-12/h4-6,9-11,15H,7-8H2,1-3H3/t10?,11-/m1/s1. The van der Waals surface area contributed by atoms with Crippen LogP contribution in [0.5, 0.6) is 0 Å². The number of rotatable bonds is 6. The molecule has 2 nitrogen and oxygen atoms in total. The highest BCUT2D eigenvalue weighted by Crippen LogP contribution is 2.18. The Morgan fingerprint density at radius 1 is 1.38 bits per heavy atom. The molecule has 0 spiro atoms. The average molecular weight is 286 g/mol. The lowest BCUT2D eigenvalue weighted by Crippen LogP contribution is -2.29. The third-order valence-corrected chi connectivity index (χ3v) is 3.13. The molecule has 0 aliphatic carbocycles. The van der Waals surface area contributed by atoms with Crippen LogP contribution in [0.1, 0.15) is 31.9 Å². The Balaban J connectivity index is 2.48. The fourth-order valence-corrected chi connectivity index (χ4v) is 2.09. The van der Waals surface area contributed by atoms with Gasteiger partial charge in [0.2, 0.25) is 0 Å². The van der Waals surface area contributed by atoms with E-state index >= 15 is 0 Å². The maximum atomic E-state index is 5.07. The molecule has 16 heavy (non-hydrogen) atoms. The minimum absolute atomic E-state index is 0.365. The second-order valence-corrected chi connectivity index (χ2v) is 5.04. The quantitative estimate of drug-likeness (QED) is 0.864. The number of benzene rings is 1. The molecule has 2 atom stereocenters. The Kier molecular flexibility index (Phi) is 6.03. The van der Waals surface area contributed by atoms with E-state index in [1.54, 1.807) is 7.11 Å². The van der Waals surface area contributed by atoms with E-state index < -0.39 is 0 Å². The molecular formula is C13H20BrNO. The third kappa shape index (κ3) is 4.64. The van der Waals surface area contributed by atoms with Crippen LogP contribution in [0.25, 0.3) is 0 Å². The Labute approximate surface area is 107 Å². The van der Waals surface area contributed by atoms with Gasteiger partial charge in [-0.25, -0.2) is 0 Å². The van der Waals surface area contributed by atoms with Crippen LogP contribution in [-0.2, 0) is 4.74 Å². The molecule has 0 saturated carbocycles. The fourth-order valence-electron chi connectivity index (χ4n) is 1.68. The normalized spacial score (nSPS) is 14.8. The SMILES string of the molecule is COCCC(C)N[C@H](C)c1cccc(Br)c1. The molecule has 0 bridgehead atoms. The fraction of sp³-hybridized carbons (Fsp3) is 0.538. The van der Waals surface area contributed by atoms with Gasteiger partial charge in [0.25, 0.3) is 0 Å². The Bertz CT molecular complexity index is 317. The number of hydrogen-bond donors (Lipinski definition) is 1. The Hall–Kier alpha value is -0.380. The van der Waals surface area contributed by atoms with Crippen molar-refractivity contribution >= 4 is 15.9 Å². The molecule has 0 amide bonds. The van der Waals surface area contributed by atoms with Gasteiger partial charge in [0.1, 0.15) is 0 Å². The molecule has 90 valence electrons. The van der Waals surface area contributed by atoms with Crippen LogP contribution < -0.4 is 5.32 Å². The lowest BCUT2D eigenvalue weighted by Gasteiger charge is -2.20. The summed E-state index contributed by atoms with van der Waals surface area (Å²) < 4.78 is 6.20. The molecule has 1 rings (SSSR count). The highest BCUT2D eigenvalue weighted by molar-refractivity contribution is 9.10. The van der Waals surface area contributed by atoms with Crippen molar-refractivity contribution in [3.8, 4) is 0 Å². The lowest BCUT2D eigenvalue weighted by atomic mass is 10.1. The van der Waals surface area contributed by atoms with E-state index in [2.05, 4.69) is 53.3 Å². The molecule has 0 aromatic heterocycles. The van der Waals surface area contributed by atoms with E-state index in [0.29, 0.717) is 12.1 Å². The van der Waals surface area contributed by atoms with Crippen LogP contribution in [0, 0.1) is 0 Å². The number of hydrogen-bond acceptors (Lipinski definition) is 2. The van der Waals surface area contributed by atoms with Gasteiger partial charge in [0.15, 0.2) is 0 Å². The van der Waals surface area contributed by atoms with Crippen molar-refractivity contribution in [3.63, 3.8) is 0 Å². The van der Waals surface area contributed by atoms with Crippen LogP contribution in [-0.4, -0.2) is 19.8 Å². The number of halogens is 1. The van der Waals surface area contributed by atoms with Gasteiger partial charge in [0, 0.05) is 30.3 Å². The van der Waals surface area contributed by atoms with Crippen molar-refractivity contribution in [2.75, 3.05) is 13.7 Å². The summed E-state index contributed by atoms with van der Waals surface area (Å²) in [5.41, 5.74) is 1.30. The average Bonchev–Trinajstić information content (AvgIpc) is 2.26. The molecule has 0 radical (unpaired) electrons. The molecule has 1 N–H and O–H groups in total. The van der Waals surface area contributed by atoms with Crippen LogP contribution in [0.15, 0.2) is 28.7 Å². The molecule has 1 unspecified atom stereocenters. The summed E-state index contributed by atoms with van der Waals surface area (Å²) in [5, 5.41) is 3.56. The monoisotopic (exact) mass is 285 g/mol. The van der Waals surface area contributed by atoms with Gasteiger partial charge >= 0.3 is 0 Å². The molecule has 0 saturated heterocycles. The van der Waals surface area contributed by atoms with Gasteiger partial charge in [0.05, 0.1) is 0 Å². The topological polar surface area (TPSA) is 21.3 Å². The molecule has 1 aromatic carbocycles. The number of ether oxygens (including phenoxy) is 1. The van der Waals surface area contributed by atoms with Crippen LogP contribution in [0.4, 0.5) is 0 Å². The number of methoxy groups -OCH3 is 1. The van der Waals surface area contributed by atoms with Gasteiger partial charge in [-0.15, -0.1) is 0 Å². The van der Waals surface area contributed by atoms with Crippen molar-refractivity contribution in [1.82, 2.24) is 5.32 Å². The third-order valence-electron chi connectivity index (χ3n) is 2.64. The summed E-state index contributed by atoms with van der Waals surface area (Å²) in [5.74, 6) is 0. The zero-order chi connectivity index (χ0) is 12.0. The summed E-state index contributed by atoms with van der Waals surface area (Å²) in [7, 11) is 1.74. The van der Waals surface area contributed by atoms with E-state index in [-0.39, 0.29) is 0 Å². The van der Waals surface area contributed by atoms with Gasteiger partial charge < -0.3 is 10.1 Å². The first-order chi connectivity index (χ1) is 7.63. The second kappa shape index (κ2) is 7.05. The van der Waals surface area contributed by atoms with Crippen molar-refractivity contribution < 1.29 is 4.74 Å². The predicted octanol–water partition coefficient (Wildman–Crippen LogP) is 3.52. The molecule has 1 aromatic rings. The zero-order valence-corrected chi connectivity index (χ0v) is 11.8. The van der Waals surface area contributed by atoms with Gasteiger partial charge in [-0.2, -0.15) is 0 Å². The van der Waals surface area contributed by atoms with Crippen molar-refractivity contribution in [3.05, 3.63) is 34.3 Å². The minimum atomic E-state index is 0.365. The largest absolute Gasteiger partial charge is 0.385 e. The Morgan fingerprint density at radius 2 is 2.12 bits per heavy atom. The molecule has 0 aliphatic rings. The minimum Gasteiger partial charge on any atom is -0.385 e. The van der Waals surface area contributed by atoms with E-state index in [0.717, 1.165) is 17.5 Å². The van der Waals surface area contributed by atoms with E-state index in [4.69, 9.17) is 4.74 Å². The second-order valence-electron chi connectivity index (χ2n) is 4.13. The van der Waals surface area contributed by atoms with Crippen LogP contribution >= 0.6 is 15.9 Å². The van der Waals surface area contributed by atoms with Gasteiger partial charge in [-0.1, -0.05) is 28.1 Å². The number of nitrogens with one attached hydrogen (secondary N) is 1. The lowest BCUT2D eigenvalue weighted by molar-refractivity contribution is 0.183. The molecule has 3 heteroatoms. The summed E-state index contributed by atoms with van der Waals surface area (Å²) in [4.78, 5) is 0. The first-order valence-corrected chi connectivity index (χ1v) is 6.43. The molecule has 0 fully saturated rings. The van der Waals surface area contributed by atoms with E-state index in [1.807, 2.05) is 6.07 Å². The molecule has 0 aliphatic heterocycles. The maximum Gasteiger partial charge on any atom is 0.0476 e. The highest BCUT2D eigenvalue weighted by Gasteiger charge is 2.09. The zero-order valence-electron chi connectivity index (χ0n) is 10.2.